The van der Waals surface area contributed by atoms with Crippen LogP contribution in [0.25, 0.3) is 44.4 Å². The molecule has 0 aliphatic carbocycles. The number of benzene rings is 4. The van der Waals surface area contributed by atoms with Crippen molar-refractivity contribution in [3.05, 3.63) is 132 Å². The standard InChI is InChI=1S/C43H42N4O.Pt/c1-7-12-31-22-24-44-41(26-31)46-39-20-17-32(21-23-43(4,5)6)25-38(39)37-19-18-36(28-40(37)46)48-35-16-11-15-34(27-35)47-30(3)42(29(2)45-47)33-13-9-8-10-14-33;/h8-11,13-20,22,24-26H,7,12,21,23H2,1-6H3;/q-2;+2. The molecule has 0 spiro atoms. The Morgan fingerprint density at radius 3 is 2.33 bits per heavy atom. The van der Waals surface area contributed by atoms with Crippen LogP contribution in [-0.4, -0.2) is 19.3 Å². The molecule has 7 aromatic rings. The number of aromatic nitrogens is 4. The summed E-state index contributed by atoms with van der Waals surface area (Å²) in [6, 6.07) is 38.7. The smallest absolute Gasteiger partial charge is 0.509 e. The van der Waals surface area contributed by atoms with Gasteiger partial charge in [-0.2, -0.15) is 17.2 Å². The summed E-state index contributed by atoms with van der Waals surface area (Å²) in [5.41, 5.74) is 10.1. The van der Waals surface area contributed by atoms with Crippen LogP contribution in [-0.2, 0) is 33.9 Å². The molecule has 3 aromatic heterocycles. The quantitative estimate of drug-likeness (QED) is 0.136. The Morgan fingerprint density at radius 1 is 0.776 bits per heavy atom. The van der Waals surface area contributed by atoms with Gasteiger partial charge in [0.2, 0.25) is 0 Å². The monoisotopic (exact) mass is 825 g/mol. The Morgan fingerprint density at radius 2 is 1.55 bits per heavy atom. The Hall–Kier alpha value is -4.47. The molecule has 3 heterocycles. The molecule has 0 saturated heterocycles. The predicted octanol–water partition coefficient (Wildman–Crippen LogP) is 11.0. The maximum Gasteiger partial charge on any atom is 2.00 e. The van der Waals surface area contributed by atoms with Gasteiger partial charge in [0.1, 0.15) is 5.82 Å². The van der Waals surface area contributed by atoms with Crippen LogP contribution in [0.2, 0.25) is 0 Å². The van der Waals surface area contributed by atoms with E-state index in [0.29, 0.717) is 11.5 Å². The van der Waals surface area contributed by atoms with Gasteiger partial charge in [-0.3, -0.25) is 4.68 Å². The molecule has 6 heteroatoms. The fourth-order valence-corrected chi connectivity index (χ4v) is 6.61. The summed E-state index contributed by atoms with van der Waals surface area (Å²) in [4.78, 5) is 4.84. The van der Waals surface area contributed by atoms with Gasteiger partial charge in [0.05, 0.1) is 5.69 Å². The van der Waals surface area contributed by atoms with E-state index in [1.165, 1.54) is 16.5 Å². The second-order valence-electron chi connectivity index (χ2n) is 13.9. The van der Waals surface area contributed by atoms with Gasteiger partial charge in [0.15, 0.2) is 0 Å². The Balaban J connectivity index is 0.00000417. The summed E-state index contributed by atoms with van der Waals surface area (Å²) >= 11 is 0. The van der Waals surface area contributed by atoms with Crippen molar-refractivity contribution in [3.8, 4) is 34.1 Å². The first kappa shape index (κ1) is 34.4. The first-order valence-electron chi connectivity index (χ1n) is 17.0. The molecule has 0 N–H and O–H groups in total. The van der Waals surface area contributed by atoms with Gasteiger partial charge in [-0.05, 0) is 84.5 Å². The van der Waals surface area contributed by atoms with E-state index < -0.39 is 0 Å². The number of hydrogen-bond acceptors (Lipinski definition) is 3. The fourth-order valence-electron chi connectivity index (χ4n) is 6.61. The van der Waals surface area contributed by atoms with Crippen LogP contribution in [0.3, 0.4) is 0 Å². The van der Waals surface area contributed by atoms with Gasteiger partial charge in [-0.25, -0.2) is 4.98 Å². The van der Waals surface area contributed by atoms with Crippen LogP contribution in [0, 0.1) is 31.4 Å². The number of ether oxygens (including phenoxy) is 1. The SMILES string of the molecule is CCCc1ccnc(-n2c3[c-]c(Oc4[c-]c(-n5nc(C)c(-c6ccccc6)c5C)ccc4)ccc3c3cc(CCC(C)(C)C)ccc32)c1.[Pt+2]. The zero-order valence-electron chi connectivity index (χ0n) is 29.1. The van der Waals surface area contributed by atoms with E-state index >= 15 is 0 Å². The average molecular weight is 826 g/mol. The molecule has 4 aromatic carbocycles. The predicted molar refractivity (Wildman–Crippen MR) is 197 cm³/mol. The minimum absolute atomic E-state index is 0. The Labute approximate surface area is 304 Å². The van der Waals surface area contributed by atoms with E-state index in [4.69, 9.17) is 14.8 Å². The molecule has 0 aliphatic heterocycles. The van der Waals surface area contributed by atoms with Gasteiger partial charge in [0, 0.05) is 34.5 Å². The van der Waals surface area contributed by atoms with Crippen LogP contribution in [0.4, 0.5) is 0 Å². The number of fused-ring (bicyclic) bond motifs is 3. The largest absolute Gasteiger partial charge is 2.00 e. The van der Waals surface area contributed by atoms with Crippen LogP contribution >= 0.6 is 0 Å². The molecular formula is C43H42N4OPt. The molecule has 250 valence electrons. The van der Waals surface area contributed by atoms with Crippen molar-refractivity contribution < 1.29 is 25.8 Å². The first-order valence-corrected chi connectivity index (χ1v) is 17.0. The van der Waals surface area contributed by atoms with Gasteiger partial charge in [-0.15, -0.1) is 35.7 Å². The van der Waals surface area contributed by atoms with Crippen molar-refractivity contribution in [2.24, 2.45) is 5.41 Å². The van der Waals surface area contributed by atoms with Crippen molar-refractivity contribution in [2.45, 2.75) is 67.2 Å². The molecule has 0 bridgehead atoms. The molecule has 0 radical (unpaired) electrons. The van der Waals surface area contributed by atoms with Gasteiger partial charge in [-0.1, -0.05) is 82.1 Å². The minimum Gasteiger partial charge on any atom is -0.509 e. The van der Waals surface area contributed by atoms with Crippen LogP contribution in [0.5, 0.6) is 11.5 Å². The number of rotatable bonds is 9. The van der Waals surface area contributed by atoms with Crippen molar-refractivity contribution in [1.82, 2.24) is 19.3 Å². The van der Waals surface area contributed by atoms with E-state index in [-0.39, 0.29) is 26.5 Å². The molecule has 0 aliphatic rings. The average Bonchev–Trinajstić information content (AvgIpc) is 3.56. The van der Waals surface area contributed by atoms with Crippen LogP contribution in [0.15, 0.2) is 97.2 Å². The van der Waals surface area contributed by atoms with E-state index in [9.17, 15) is 0 Å². The summed E-state index contributed by atoms with van der Waals surface area (Å²) in [7, 11) is 0. The van der Waals surface area contributed by atoms with Crippen molar-refractivity contribution in [3.63, 3.8) is 0 Å². The summed E-state index contributed by atoms with van der Waals surface area (Å²) in [5, 5.41) is 7.21. The van der Waals surface area contributed by atoms with E-state index in [1.807, 2.05) is 41.2 Å². The van der Waals surface area contributed by atoms with Crippen LogP contribution < -0.4 is 4.74 Å². The molecule has 0 atom stereocenters. The van der Waals surface area contributed by atoms with Crippen molar-refractivity contribution >= 4 is 21.8 Å². The maximum atomic E-state index is 6.47. The number of hydrogen-bond donors (Lipinski definition) is 0. The Bertz CT molecular complexity index is 2240. The fraction of sp³-hybridized carbons (Fsp3) is 0.256. The summed E-state index contributed by atoms with van der Waals surface area (Å²) in [5.74, 6) is 2.12. The second kappa shape index (κ2) is 14.2. The molecular weight excluding hydrogens is 784 g/mol. The normalized spacial score (nSPS) is 11.6. The van der Waals surface area contributed by atoms with Gasteiger partial charge < -0.3 is 9.30 Å². The maximum absolute atomic E-state index is 6.47. The molecule has 7 rings (SSSR count). The Kier molecular flexibility index (Phi) is 9.95. The number of pyridine rings is 1. The van der Waals surface area contributed by atoms with E-state index in [2.05, 4.69) is 119 Å². The molecule has 49 heavy (non-hydrogen) atoms. The van der Waals surface area contributed by atoms with Gasteiger partial charge in [0.25, 0.3) is 0 Å². The number of nitrogens with zero attached hydrogens (tertiary/aromatic N) is 4. The minimum atomic E-state index is 0. The van der Waals surface area contributed by atoms with Crippen LogP contribution in [0.1, 0.15) is 63.1 Å². The first-order chi connectivity index (χ1) is 23.2. The van der Waals surface area contributed by atoms with Gasteiger partial charge >= 0.3 is 21.1 Å². The number of aryl methyl sites for hydroxylation is 3. The molecule has 0 fully saturated rings. The topological polar surface area (TPSA) is 44.9 Å². The molecule has 5 nitrogen and oxygen atoms in total. The zero-order valence-corrected chi connectivity index (χ0v) is 31.4. The third kappa shape index (κ3) is 7.14. The van der Waals surface area contributed by atoms with Crippen molar-refractivity contribution in [2.75, 3.05) is 0 Å². The third-order valence-corrected chi connectivity index (χ3v) is 9.01. The van der Waals surface area contributed by atoms with E-state index in [1.54, 1.807) is 0 Å². The summed E-state index contributed by atoms with van der Waals surface area (Å²) in [6.07, 6.45) is 6.17. The zero-order chi connectivity index (χ0) is 33.4. The third-order valence-electron chi connectivity index (χ3n) is 9.01. The second-order valence-corrected chi connectivity index (χ2v) is 13.9. The summed E-state index contributed by atoms with van der Waals surface area (Å²) < 4.78 is 10.6. The molecule has 0 amide bonds. The molecule has 0 saturated carbocycles. The summed E-state index contributed by atoms with van der Waals surface area (Å²) in [6.45, 7) is 13.3. The molecule has 0 unspecified atom stereocenters. The van der Waals surface area contributed by atoms with Crippen molar-refractivity contribution in [1.29, 1.82) is 0 Å². The van der Waals surface area contributed by atoms with E-state index in [0.717, 1.165) is 76.1 Å².